The van der Waals surface area contributed by atoms with Crippen LogP contribution < -0.4 is 4.90 Å². The van der Waals surface area contributed by atoms with Crippen molar-refractivity contribution in [1.29, 1.82) is 0 Å². The van der Waals surface area contributed by atoms with E-state index in [-0.39, 0.29) is 5.78 Å². The Morgan fingerprint density at radius 3 is 2.28 bits per heavy atom. The molecule has 1 aliphatic rings. The molecule has 148 valence electrons. The molecule has 0 amide bonds. The average molecular weight is 398 g/mol. The normalized spacial score (nSPS) is 14.9. The molecule has 0 N–H and O–H groups in total. The number of ketones is 1. The molecule has 3 aromatic rings. The van der Waals surface area contributed by atoms with Crippen molar-refractivity contribution >= 4 is 11.6 Å². The minimum atomic E-state index is -4.40. The van der Waals surface area contributed by atoms with Crippen molar-refractivity contribution in [1.82, 2.24) is 15.0 Å². The number of alkyl halides is 3. The summed E-state index contributed by atoms with van der Waals surface area (Å²) in [5.41, 5.74) is 1.16. The van der Waals surface area contributed by atoms with Gasteiger partial charge in [-0.2, -0.15) is 13.2 Å². The smallest absolute Gasteiger partial charge is 0.356 e. The Bertz CT molecular complexity index is 1010. The lowest BCUT2D eigenvalue weighted by molar-refractivity contribution is -0.137. The fourth-order valence-corrected chi connectivity index (χ4v) is 3.18. The third-order valence-corrected chi connectivity index (χ3v) is 4.79. The number of hydrogen-bond acceptors (Lipinski definition) is 5. The van der Waals surface area contributed by atoms with Gasteiger partial charge in [-0.3, -0.25) is 9.78 Å². The van der Waals surface area contributed by atoms with Crippen molar-refractivity contribution in [2.75, 3.05) is 18.0 Å². The highest BCUT2D eigenvalue weighted by Crippen LogP contribution is 2.31. The van der Waals surface area contributed by atoms with Gasteiger partial charge in [0.05, 0.1) is 11.3 Å². The summed E-state index contributed by atoms with van der Waals surface area (Å²) in [7, 11) is 0. The van der Waals surface area contributed by atoms with Crippen molar-refractivity contribution in [2.24, 2.45) is 0 Å². The zero-order valence-corrected chi connectivity index (χ0v) is 15.4. The minimum absolute atomic E-state index is 0.214. The fraction of sp³-hybridized carbons (Fsp3) is 0.238. The predicted molar refractivity (Wildman–Crippen MR) is 102 cm³/mol. The molecule has 0 spiro atoms. The first-order valence-corrected chi connectivity index (χ1v) is 9.14. The summed E-state index contributed by atoms with van der Waals surface area (Å²) in [4.78, 5) is 26.8. The van der Waals surface area contributed by atoms with E-state index >= 15 is 0 Å². The molecule has 29 heavy (non-hydrogen) atoms. The van der Waals surface area contributed by atoms with Crippen LogP contribution in [0.4, 0.5) is 19.0 Å². The molecule has 1 fully saturated rings. The molecule has 0 saturated carbocycles. The number of Topliss-reactive ketones (excluding diaryl/α,β-unsaturated/α-hetero) is 1. The van der Waals surface area contributed by atoms with Crippen LogP contribution in [0.15, 0.2) is 54.9 Å². The highest BCUT2D eigenvalue weighted by atomic mass is 19.4. The van der Waals surface area contributed by atoms with Crippen LogP contribution in [0.2, 0.25) is 0 Å². The summed E-state index contributed by atoms with van der Waals surface area (Å²) in [5.74, 6) is 1.18. The van der Waals surface area contributed by atoms with Crippen LogP contribution in [-0.2, 0) is 11.0 Å². The summed E-state index contributed by atoms with van der Waals surface area (Å²) < 4.78 is 38.6. The molecule has 0 unspecified atom stereocenters. The number of nitrogens with zero attached hydrogens (tertiary/aromatic N) is 4. The zero-order valence-electron chi connectivity index (χ0n) is 15.4. The molecule has 8 heteroatoms. The van der Waals surface area contributed by atoms with Gasteiger partial charge in [0.25, 0.3) is 0 Å². The fourth-order valence-electron chi connectivity index (χ4n) is 3.18. The molecule has 1 aliphatic heterocycles. The lowest BCUT2D eigenvalue weighted by Gasteiger charge is -2.27. The van der Waals surface area contributed by atoms with Gasteiger partial charge < -0.3 is 4.90 Å². The molecule has 0 bridgehead atoms. The molecular weight excluding hydrogens is 381 g/mol. The number of benzene rings is 1. The van der Waals surface area contributed by atoms with E-state index in [1.807, 2.05) is 17.0 Å². The van der Waals surface area contributed by atoms with E-state index in [2.05, 4.69) is 15.0 Å². The highest BCUT2D eigenvalue weighted by Gasteiger charge is 2.30. The summed E-state index contributed by atoms with van der Waals surface area (Å²) >= 11 is 0. The number of pyridine rings is 1. The number of carbonyl (C=O) groups is 1. The molecule has 0 aliphatic carbocycles. The van der Waals surface area contributed by atoms with Crippen LogP contribution in [0, 0.1) is 0 Å². The van der Waals surface area contributed by atoms with E-state index in [4.69, 9.17) is 0 Å². The molecular formula is C21H17F3N4O. The number of rotatable bonds is 3. The first-order valence-electron chi connectivity index (χ1n) is 9.14. The van der Waals surface area contributed by atoms with Crippen molar-refractivity contribution in [3.8, 4) is 22.6 Å². The molecule has 4 rings (SSSR count). The lowest BCUT2D eigenvalue weighted by Crippen LogP contribution is -2.34. The maximum atomic E-state index is 12.9. The monoisotopic (exact) mass is 398 g/mol. The van der Waals surface area contributed by atoms with Gasteiger partial charge in [-0.1, -0.05) is 12.1 Å². The van der Waals surface area contributed by atoms with Crippen LogP contribution >= 0.6 is 0 Å². The van der Waals surface area contributed by atoms with E-state index in [9.17, 15) is 18.0 Å². The van der Waals surface area contributed by atoms with Gasteiger partial charge in [-0.25, -0.2) is 9.97 Å². The van der Waals surface area contributed by atoms with Crippen LogP contribution in [0.25, 0.3) is 22.6 Å². The first-order chi connectivity index (χ1) is 13.9. The van der Waals surface area contributed by atoms with E-state index in [1.54, 1.807) is 18.5 Å². The van der Waals surface area contributed by atoms with Gasteiger partial charge in [0.1, 0.15) is 11.6 Å². The Labute approximate surface area is 165 Å². The van der Waals surface area contributed by atoms with Crippen LogP contribution in [-0.4, -0.2) is 33.8 Å². The zero-order chi connectivity index (χ0) is 20.4. The van der Waals surface area contributed by atoms with Gasteiger partial charge in [0.15, 0.2) is 5.82 Å². The highest BCUT2D eigenvalue weighted by molar-refractivity contribution is 5.81. The maximum Gasteiger partial charge on any atom is 0.416 e. The van der Waals surface area contributed by atoms with Crippen molar-refractivity contribution in [3.63, 3.8) is 0 Å². The van der Waals surface area contributed by atoms with Gasteiger partial charge in [0.2, 0.25) is 0 Å². The van der Waals surface area contributed by atoms with Gasteiger partial charge in [0, 0.05) is 55.5 Å². The van der Waals surface area contributed by atoms with Crippen LogP contribution in [0.3, 0.4) is 0 Å². The SMILES string of the molecule is O=C1CCN(c2cc(-c3cccnc3)nc(-c3ccc(C(F)(F)F)cc3)n2)CC1. The number of aromatic nitrogens is 3. The second-order valence-corrected chi connectivity index (χ2v) is 6.78. The third kappa shape index (κ3) is 4.26. The molecule has 3 heterocycles. The van der Waals surface area contributed by atoms with E-state index in [0.29, 0.717) is 48.8 Å². The quantitative estimate of drug-likeness (QED) is 0.655. The van der Waals surface area contributed by atoms with E-state index in [0.717, 1.165) is 17.7 Å². The molecule has 1 saturated heterocycles. The second-order valence-electron chi connectivity index (χ2n) is 6.78. The molecule has 5 nitrogen and oxygen atoms in total. The Balaban J connectivity index is 1.76. The second kappa shape index (κ2) is 7.62. The van der Waals surface area contributed by atoms with Crippen LogP contribution in [0.5, 0.6) is 0 Å². The summed E-state index contributed by atoms with van der Waals surface area (Å²) in [6.07, 6.45) is -0.187. The Morgan fingerprint density at radius 1 is 0.931 bits per heavy atom. The Morgan fingerprint density at radius 2 is 1.66 bits per heavy atom. The Hall–Kier alpha value is -3.29. The summed E-state index contributed by atoms with van der Waals surface area (Å²) in [6.45, 7) is 1.10. The number of piperidine rings is 1. The molecule has 2 aromatic heterocycles. The van der Waals surface area contributed by atoms with Gasteiger partial charge in [-0.15, -0.1) is 0 Å². The molecule has 1 aromatic carbocycles. The van der Waals surface area contributed by atoms with Gasteiger partial charge >= 0.3 is 6.18 Å². The van der Waals surface area contributed by atoms with Crippen molar-refractivity contribution < 1.29 is 18.0 Å². The largest absolute Gasteiger partial charge is 0.416 e. The van der Waals surface area contributed by atoms with Crippen molar-refractivity contribution in [3.05, 3.63) is 60.4 Å². The predicted octanol–water partition coefficient (Wildman–Crippen LogP) is 4.39. The number of anilines is 1. The first kappa shape index (κ1) is 19.0. The summed E-state index contributed by atoms with van der Waals surface area (Å²) in [6, 6.07) is 10.2. The molecule has 0 radical (unpaired) electrons. The number of halogens is 3. The minimum Gasteiger partial charge on any atom is -0.356 e. The van der Waals surface area contributed by atoms with Crippen LogP contribution in [0.1, 0.15) is 18.4 Å². The number of hydrogen-bond donors (Lipinski definition) is 0. The van der Waals surface area contributed by atoms with E-state index < -0.39 is 11.7 Å². The summed E-state index contributed by atoms with van der Waals surface area (Å²) in [5, 5.41) is 0. The maximum absolute atomic E-state index is 12.9. The third-order valence-electron chi connectivity index (χ3n) is 4.79. The van der Waals surface area contributed by atoms with Gasteiger partial charge in [-0.05, 0) is 24.3 Å². The number of carbonyl (C=O) groups excluding carboxylic acids is 1. The lowest BCUT2D eigenvalue weighted by atomic mass is 10.1. The Kier molecular flexibility index (Phi) is 5.00. The molecule has 0 atom stereocenters. The van der Waals surface area contributed by atoms with Crippen molar-refractivity contribution in [2.45, 2.75) is 19.0 Å². The van der Waals surface area contributed by atoms with E-state index in [1.165, 1.54) is 12.1 Å². The average Bonchev–Trinajstić information content (AvgIpc) is 2.74. The topological polar surface area (TPSA) is 59.0 Å². The standard InChI is InChI=1S/C21H17F3N4O/c22-21(23,24)16-5-3-14(4-6-16)20-26-18(15-2-1-9-25-13-15)12-19(27-20)28-10-7-17(29)8-11-28/h1-6,9,12-13H,7-8,10-11H2.